The van der Waals surface area contributed by atoms with E-state index < -0.39 is 23.3 Å². The number of hydrogen-bond acceptors (Lipinski definition) is 6. The normalized spacial score (nSPS) is 18.1. The highest BCUT2D eigenvalue weighted by Gasteiger charge is 2.34. The quantitative estimate of drug-likeness (QED) is 0.129. The van der Waals surface area contributed by atoms with Gasteiger partial charge in [0, 0.05) is 0 Å². The minimum absolute atomic E-state index is 0.0121. The number of nitrogens with zero attached hydrogens (tertiary/aromatic N) is 2. The van der Waals surface area contributed by atoms with Gasteiger partial charge in [-0.05, 0) is 135 Å². The number of hydrogen-bond donors (Lipinski definition) is 0. The van der Waals surface area contributed by atoms with Crippen molar-refractivity contribution < 1.29 is 36.5 Å². The molecule has 2 aliphatic rings. The third kappa shape index (κ3) is 8.93. The molecule has 6 aromatic carbocycles. The largest absolute Gasteiger partial charge is 0.494 e. The van der Waals surface area contributed by atoms with E-state index in [4.69, 9.17) is 18.9 Å². The Balaban J connectivity index is 0.000000181. The molecule has 8 rings (SSSR count). The molecule has 2 heterocycles. The number of benzene rings is 6. The Morgan fingerprint density at radius 2 is 0.817 bits per heavy atom. The molecule has 0 amide bonds. The van der Waals surface area contributed by atoms with Gasteiger partial charge < -0.3 is 18.9 Å². The van der Waals surface area contributed by atoms with Crippen LogP contribution in [0.4, 0.5) is 17.6 Å². The van der Waals surface area contributed by atoms with Gasteiger partial charge in [0.2, 0.25) is 11.8 Å². The van der Waals surface area contributed by atoms with E-state index in [1.165, 1.54) is 36.4 Å². The SMILES string of the molecule is CCOc1ccc(-c2ccc([C@@H]3N=C(c4c(F)cccc4F)O[C@H]3C)c(C)c2)cc1.CCOc1ccc(-c2ccc([C@H]3N=C(c4c(F)cccc4F)O[C@@H]3C)c(C)c2)cc1. The fraction of sp³-hybridized carbons (Fsp3) is 0.240. The summed E-state index contributed by atoms with van der Waals surface area (Å²) in [6, 6.07) is 35.0. The molecule has 0 radical (unpaired) electrons. The Kier molecular flexibility index (Phi) is 12.7. The Hall–Kier alpha value is -6.42. The van der Waals surface area contributed by atoms with Crippen molar-refractivity contribution in [2.75, 3.05) is 13.2 Å². The fourth-order valence-electron chi connectivity index (χ4n) is 7.50. The molecule has 0 saturated carbocycles. The second kappa shape index (κ2) is 18.2. The molecule has 6 aromatic rings. The maximum atomic E-state index is 14.1. The van der Waals surface area contributed by atoms with Crippen molar-refractivity contribution in [2.45, 2.75) is 65.8 Å². The monoisotopic (exact) mass is 814 g/mol. The predicted molar refractivity (Wildman–Crippen MR) is 228 cm³/mol. The lowest BCUT2D eigenvalue weighted by Gasteiger charge is -2.16. The molecule has 0 unspecified atom stereocenters. The molecule has 60 heavy (non-hydrogen) atoms. The summed E-state index contributed by atoms with van der Waals surface area (Å²) in [4.78, 5) is 9.05. The summed E-state index contributed by atoms with van der Waals surface area (Å²) >= 11 is 0. The average molecular weight is 815 g/mol. The van der Waals surface area contributed by atoms with Crippen LogP contribution >= 0.6 is 0 Å². The van der Waals surface area contributed by atoms with Gasteiger partial charge >= 0.3 is 0 Å². The lowest BCUT2D eigenvalue weighted by molar-refractivity contribution is 0.212. The van der Waals surface area contributed by atoms with Crippen LogP contribution in [-0.2, 0) is 9.47 Å². The molecular weight excluding hydrogens is 769 g/mol. The molecule has 4 atom stereocenters. The highest BCUT2D eigenvalue weighted by Crippen LogP contribution is 2.37. The molecule has 0 spiro atoms. The lowest BCUT2D eigenvalue weighted by Crippen LogP contribution is -2.14. The predicted octanol–water partition coefficient (Wildman–Crippen LogP) is 12.5. The zero-order chi connectivity index (χ0) is 42.5. The van der Waals surface area contributed by atoms with Crippen molar-refractivity contribution in [3.63, 3.8) is 0 Å². The van der Waals surface area contributed by atoms with Gasteiger partial charge in [-0.1, -0.05) is 72.8 Å². The highest BCUT2D eigenvalue weighted by molar-refractivity contribution is 5.96. The Morgan fingerprint density at radius 1 is 0.483 bits per heavy atom. The second-order valence-corrected chi connectivity index (χ2v) is 14.7. The third-order valence-electron chi connectivity index (χ3n) is 10.5. The Morgan fingerprint density at radius 3 is 1.13 bits per heavy atom. The number of aryl methyl sites for hydroxylation is 2. The van der Waals surface area contributed by atoms with E-state index in [1.54, 1.807) is 0 Å². The summed E-state index contributed by atoms with van der Waals surface area (Å²) in [5.41, 5.74) is 7.94. The van der Waals surface area contributed by atoms with E-state index in [1.807, 2.05) is 114 Å². The molecule has 0 bridgehead atoms. The summed E-state index contributed by atoms with van der Waals surface area (Å²) in [7, 11) is 0. The van der Waals surface area contributed by atoms with Gasteiger partial charge in [-0.25, -0.2) is 27.5 Å². The van der Waals surface area contributed by atoms with Gasteiger partial charge in [0.25, 0.3) is 0 Å². The lowest BCUT2D eigenvalue weighted by atomic mass is 9.94. The zero-order valence-corrected chi connectivity index (χ0v) is 34.3. The standard InChI is InChI=1S/2C25H23F2NO2/c2*1-4-29-19-11-8-17(9-12-19)18-10-13-20(15(2)14-18)24-16(3)30-25(28-24)23-21(26)6-5-7-22(23)27/h2*5-14,16,24H,4H2,1-3H3/t2*16-,24+/m10/s1. The van der Waals surface area contributed by atoms with Crippen molar-refractivity contribution in [1.29, 1.82) is 0 Å². The van der Waals surface area contributed by atoms with E-state index in [-0.39, 0.29) is 47.2 Å². The van der Waals surface area contributed by atoms with Gasteiger partial charge in [-0.15, -0.1) is 0 Å². The van der Waals surface area contributed by atoms with Crippen molar-refractivity contribution >= 4 is 11.8 Å². The van der Waals surface area contributed by atoms with Crippen LogP contribution in [0.1, 0.15) is 73.2 Å². The number of aliphatic imine (C=N–C) groups is 2. The van der Waals surface area contributed by atoms with Crippen molar-refractivity contribution in [1.82, 2.24) is 0 Å². The molecule has 0 aromatic heterocycles. The van der Waals surface area contributed by atoms with E-state index in [0.717, 1.165) is 56.0 Å². The summed E-state index contributed by atoms with van der Waals surface area (Å²) in [5.74, 6) is -1.000. The van der Waals surface area contributed by atoms with Crippen LogP contribution in [-0.4, -0.2) is 37.2 Å². The van der Waals surface area contributed by atoms with Gasteiger partial charge in [-0.2, -0.15) is 0 Å². The van der Waals surface area contributed by atoms with Crippen LogP contribution in [0.15, 0.2) is 131 Å². The molecule has 2 aliphatic heterocycles. The van der Waals surface area contributed by atoms with Crippen LogP contribution in [0.5, 0.6) is 11.5 Å². The summed E-state index contributed by atoms with van der Waals surface area (Å²) in [5, 5.41) is 0. The van der Waals surface area contributed by atoms with Crippen LogP contribution in [0.3, 0.4) is 0 Å². The van der Waals surface area contributed by atoms with Gasteiger partial charge in [0.05, 0.1) is 13.2 Å². The van der Waals surface area contributed by atoms with Gasteiger partial charge in [0.15, 0.2) is 0 Å². The first-order valence-corrected chi connectivity index (χ1v) is 20.0. The smallest absolute Gasteiger partial charge is 0.223 e. The van der Waals surface area contributed by atoms with Gasteiger partial charge in [-0.3, -0.25) is 0 Å². The minimum Gasteiger partial charge on any atom is -0.494 e. The minimum atomic E-state index is -0.677. The summed E-state index contributed by atoms with van der Waals surface area (Å²) in [6.07, 6.45) is -0.650. The van der Waals surface area contributed by atoms with E-state index in [2.05, 4.69) is 22.1 Å². The van der Waals surface area contributed by atoms with Crippen molar-refractivity contribution in [3.05, 3.63) is 178 Å². The first-order chi connectivity index (χ1) is 28.9. The molecule has 0 fully saturated rings. The second-order valence-electron chi connectivity index (χ2n) is 14.7. The molecule has 308 valence electrons. The van der Waals surface area contributed by atoms with Crippen molar-refractivity contribution in [3.8, 4) is 33.8 Å². The molecule has 0 aliphatic carbocycles. The van der Waals surface area contributed by atoms with Gasteiger partial charge in [0.1, 0.15) is 70.2 Å². The summed E-state index contributed by atoms with van der Waals surface area (Å²) < 4.78 is 79.1. The highest BCUT2D eigenvalue weighted by atomic mass is 19.1. The molecular formula is C50H46F4N2O4. The third-order valence-corrected chi connectivity index (χ3v) is 10.5. The number of halogens is 4. The molecule has 0 N–H and O–H groups in total. The molecule has 0 saturated heterocycles. The first kappa shape index (κ1) is 41.7. The van der Waals surface area contributed by atoms with E-state index >= 15 is 0 Å². The average Bonchev–Trinajstić information content (AvgIpc) is 3.80. The van der Waals surface area contributed by atoms with Crippen LogP contribution in [0.2, 0.25) is 0 Å². The first-order valence-electron chi connectivity index (χ1n) is 20.0. The Bertz CT molecular complexity index is 2320. The van der Waals surface area contributed by atoms with Crippen molar-refractivity contribution in [2.24, 2.45) is 9.98 Å². The van der Waals surface area contributed by atoms with Crippen LogP contribution < -0.4 is 9.47 Å². The fourth-order valence-corrected chi connectivity index (χ4v) is 7.50. The van der Waals surface area contributed by atoms with Crippen LogP contribution in [0.25, 0.3) is 22.3 Å². The number of ether oxygens (including phenoxy) is 4. The maximum absolute atomic E-state index is 14.1. The van der Waals surface area contributed by atoms with Crippen LogP contribution in [0, 0.1) is 37.1 Å². The number of rotatable bonds is 10. The topological polar surface area (TPSA) is 61.6 Å². The molecule has 6 nitrogen and oxygen atoms in total. The maximum Gasteiger partial charge on any atom is 0.223 e. The summed E-state index contributed by atoms with van der Waals surface area (Å²) in [6.45, 7) is 12.9. The zero-order valence-electron chi connectivity index (χ0n) is 34.3. The van der Waals surface area contributed by atoms with E-state index in [0.29, 0.717) is 13.2 Å². The molecule has 10 heteroatoms. The van der Waals surface area contributed by atoms with E-state index in [9.17, 15) is 17.6 Å². The Labute approximate surface area is 348 Å².